The minimum Gasteiger partial charge on any atom is -0.337 e. The number of nitrogens with zero attached hydrogens (tertiary/aromatic N) is 4. The summed E-state index contributed by atoms with van der Waals surface area (Å²) in [5, 5.41) is 7.49. The van der Waals surface area contributed by atoms with Gasteiger partial charge in [0, 0.05) is 50.0 Å². The van der Waals surface area contributed by atoms with E-state index in [0.717, 1.165) is 48.4 Å². The molecule has 148 valence electrons. The SMILES string of the molecule is Cc1ccc(NC(=O)N2CCc3c(c(C(=O)N4CCCC4)nn3C)C2)cc1C. The van der Waals surface area contributed by atoms with Gasteiger partial charge >= 0.3 is 6.03 Å². The number of hydrogen-bond acceptors (Lipinski definition) is 3. The molecule has 0 spiro atoms. The van der Waals surface area contributed by atoms with E-state index < -0.39 is 0 Å². The molecule has 0 atom stereocenters. The van der Waals surface area contributed by atoms with Crippen LogP contribution in [0.1, 0.15) is 45.7 Å². The standard InChI is InChI=1S/C21H27N5O2/c1-14-6-7-16(12-15(14)2)22-21(28)26-11-8-18-17(13-26)19(23-24(18)3)20(27)25-9-4-5-10-25/h6-7,12H,4-5,8-11,13H2,1-3H3,(H,22,28). The van der Waals surface area contributed by atoms with Gasteiger partial charge in [-0.3, -0.25) is 9.48 Å². The minimum absolute atomic E-state index is 0.00855. The summed E-state index contributed by atoms with van der Waals surface area (Å²) in [6.45, 7) is 6.69. The van der Waals surface area contributed by atoms with Gasteiger partial charge in [-0.15, -0.1) is 0 Å². The van der Waals surface area contributed by atoms with Gasteiger partial charge in [-0.05, 0) is 49.9 Å². The summed E-state index contributed by atoms with van der Waals surface area (Å²) in [5.41, 5.74) is 5.57. The van der Waals surface area contributed by atoms with E-state index in [0.29, 0.717) is 25.2 Å². The monoisotopic (exact) mass is 381 g/mol. The lowest BCUT2D eigenvalue weighted by Gasteiger charge is -2.28. The van der Waals surface area contributed by atoms with E-state index in [1.165, 1.54) is 5.56 Å². The molecule has 1 fully saturated rings. The summed E-state index contributed by atoms with van der Waals surface area (Å²) in [5.74, 6) is -0.00855. The molecule has 4 rings (SSSR count). The van der Waals surface area contributed by atoms with E-state index in [1.807, 2.05) is 37.1 Å². The van der Waals surface area contributed by atoms with Gasteiger partial charge in [0.15, 0.2) is 5.69 Å². The van der Waals surface area contributed by atoms with Crippen molar-refractivity contribution in [1.82, 2.24) is 19.6 Å². The maximum absolute atomic E-state index is 12.9. The molecule has 2 aliphatic heterocycles. The Morgan fingerprint density at radius 1 is 1.04 bits per heavy atom. The van der Waals surface area contributed by atoms with Gasteiger partial charge in [-0.2, -0.15) is 5.10 Å². The molecule has 0 aliphatic carbocycles. The Kier molecular flexibility index (Phi) is 4.83. The molecule has 1 saturated heterocycles. The molecule has 28 heavy (non-hydrogen) atoms. The first-order valence-corrected chi connectivity index (χ1v) is 9.91. The van der Waals surface area contributed by atoms with Crippen LogP contribution in [0.25, 0.3) is 0 Å². The average molecular weight is 381 g/mol. The average Bonchev–Trinajstić information content (AvgIpc) is 3.32. The van der Waals surface area contributed by atoms with Crippen molar-refractivity contribution in [3.8, 4) is 0 Å². The van der Waals surface area contributed by atoms with Crippen LogP contribution in [0.2, 0.25) is 0 Å². The lowest BCUT2D eigenvalue weighted by Crippen LogP contribution is -2.40. The zero-order valence-corrected chi connectivity index (χ0v) is 16.8. The van der Waals surface area contributed by atoms with Gasteiger partial charge < -0.3 is 15.1 Å². The second-order valence-corrected chi connectivity index (χ2v) is 7.80. The molecule has 2 aromatic rings. The highest BCUT2D eigenvalue weighted by molar-refractivity contribution is 5.95. The Morgan fingerprint density at radius 2 is 1.79 bits per heavy atom. The highest BCUT2D eigenvalue weighted by Crippen LogP contribution is 2.25. The van der Waals surface area contributed by atoms with Gasteiger partial charge in [0.05, 0.1) is 6.54 Å². The lowest BCUT2D eigenvalue weighted by atomic mass is 10.0. The Hall–Kier alpha value is -2.83. The maximum Gasteiger partial charge on any atom is 0.322 e. The number of carbonyl (C=O) groups is 2. The Bertz CT molecular complexity index is 927. The van der Waals surface area contributed by atoms with Crippen molar-refractivity contribution in [2.45, 2.75) is 39.7 Å². The van der Waals surface area contributed by atoms with Crippen LogP contribution in [0, 0.1) is 13.8 Å². The first-order chi connectivity index (χ1) is 13.4. The number of hydrogen-bond donors (Lipinski definition) is 1. The van der Waals surface area contributed by atoms with Gasteiger partial charge in [0.2, 0.25) is 0 Å². The van der Waals surface area contributed by atoms with Crippen LogP contribution in [0.3, 0.4) is 0 Å². The van der Waals surface area contributed by atoms with Crippen LogP contribution in [-0.2, 0) is 20.0 Å². The molecular formula is C21H27N5O2. The summed E-state index contributed by atoms with van der Waals surface area (Å²) in [4.78, 5) is 29.3. The van der Waals surface area contributed by atoms with E-state index in [9.17, 15) is 9.59 Å². The van der Waals surface area contributed by atoms with Crippen molar-refractivity contribution in [3.05, 3.63) is 46.3 Å². The van der Waals surface area contributed by atoms with Crippen molar-refractivity contribution >= 4 is 17.6 Å². The van der Waals surface area contributed by atoms with Crippen LogP contribution in [0.5, 0.6) is 0 Å². The number of aromatic nitrogens is 2. The van der Waals surface area contributed by atoms with E-state index in [4.69, 9.17) is 0 Å². The molecule has 0 radical (unpaired) electrons. The zero-order valence-electron chi connectivity index (χ0n) is 16.8. The number of likely N-dealkylation sites (tertiary alicyclic amines) is 1. The lowest BCUT2D eigenvalue weighted by molar-refractivity contribution is 0.0784. The molecule has 1 aromatic carbocycles. The number of rotatable bonds is 2. The fraction of sp³-hybridized carbons (Fsp3) is 0.476. The first-order valence-electron chi connectivity index (χ1n) is 9.91. The molecule has 0 bridgehead atoms. The molecular weight excluding hydrogens is 354 g/mol. The van der Waals surface area contributed by atoms with Crippen molar-refractivity contribution in [2.24, 2.45) is 7.05 Å². The number of aryl methyl sites for hydroxylation is 3. The van der Waals surface area contributed by atoms with E-state index >= 15 is 0 Å². The largest absolute Gasteiger partial charge is 0.337 e. The van der Waals surface area contributed by atoms with Gasteiger partial charge in [-0.25, -0.2) is 4.79 Å². The predicted octanol–water partition coefficient (Wildman–Crippen LogP) is 2.86. The molecule has 0 saturated carbocycles. The number of anilines is 1. The second-order valence-electron chi connectivity index (χ2n) is 7.80. The highest BCUT2D eigenvalue weighted by atomic mass is 16.2. The summed E-state index contributed by atoms with van der Waals surface area (Å²) >= 11 is 0. The topological polar surface area (TPSA) is 70.5 Å². The highest BCUT2D eigenvalue weighted by Gasteiger charge is 2.32. The third-order valence-electron chi connectivity index (χ3n) is 5.88. The number of benzene rings is 1. The maximum atomic E-state index is 12.9. The molecule has 1 N–H and O–H groups in total. The van der Waals surface area contributed by atoms with Crippen molar-refractivity contribution in [1.29, 1.82) is 0 Å². The van der Waals surface area contributed by atoms with E-state index in [1.54, 1.807) is 9.58 Å². The van der Waals surface area contributed by atoms with Gasteiger partial charge in [0.25, 0.3) is 5.91 Å². The molecule has 3 amide bonds. The fourth-order valence-electron chi connectivity index (χ4n) is 4.03. The number of urea groups is 1. The van der Waals surface area contributed by atoms with E-state index in [-0.39, 0.29) is 11.9 Å². The third kappa shape index (κ3) is 3.37. The van der Waals surface area contributed by atoms with Crippen LogP contribution >= 0.6 is 0 Å². The zero-order chi connectivity index (χ0) is 19.8. The van der Waals surface area contributed by atoms with Crippen LogP contribution in [-0.4, -0.2) is 51.2 Å². The number of nitrogens with one attached hydrogen (secondary N) is 1. The van der Waals surface area contributed by atoms with Crippen LogP contribution < -0.4 is 5.32 Å². The Morgan fingerprint density at radius 3 is 2.50 bits per heavy atom. The van der Waals surface area contributed by atoms with Crippen molar-refractivity contribution < 1.29 is 9.59 Å². The van der Waals surface area contributed by atoms with Crippen LogP contribution in [0.4, 0.5) is 10.5 Å². The molecule has 1 aromatic heterocycles. The summed E-state index contributed by atoms with van der Waals surface area (Å²) in [7, 11) is 1.88. The molecule has 7 nitrogen and oxygen atoms in total. The Labute approximate surface area is 165 Å². The van der Waals surface area contributed by atoms with E-state index in [2.05, 4.69) is 17.3 Å². The molecule has 3 heterocycles. The number of amides is 3. The number of carbonyl (C=O) groups excluding carboxylic acids is 2. The second kappa shape index (κ2) is 7.30. The molecule has 0 unspecified atom stereocenters. The van der Waals surface area contributed by atoms with Gasteiger partial charge in [-0.1, -0.05) is 6.07 Å². The summed E-state index contributed by atoms with van der Waals surface area (Å²) in [6, 6.07) is 5.77. The Balaban J connectivity index is 1.52. The molecule has 7 heteroatoms. The van der Waals surface area contributed by atoms with Crippen molar-refractivity contribution in [3.63, 3.8) is 0 Å². The number of fused-ring (bicyclic) bond motifs is 1. The quantitative estimate of drug-likeness (QED) is 0.870. The smallest absolute Gasteiger partial charge is 0.322 e. The third-order valence-corrected chi connectivity index (χ3v) is 5.88. The first kappa shape index (κ1) is 18.5. The van der Waals surface area contributed by atoms with Gasteiger partial charge in [0.1, 0.15) is 0 Å². The minimum atomic E-state index is -0.141. The summed E-state index contributed by atoms with van der Waals surface area (Å²) in [6.07, 6.45) is 2.79. The van der Waals surface area contributed by atoms with Crippen LogP contribution in [0.15, 0.2) is 18.2 Å². The van der Waals surface area contributed by atoms with Crippen molar-refractivity contribution in [2.75, 3.05) is 25.0 Å². The molecule has 2 aliphatic rings. The normalized spacial score (nSPS) is 16.2. The fourth-order valence-corrected chi connectivity index (χ4v) is 4.03. The predicted molar refractivity (Wildman–Crippen MR) is 107 cm³/mol. The summed E-state index contributed by atoms with van der Waals surface area (Å²) < 4.78 is 1.80.